The Morgan fingerprint density at radius 2 is 1.80 bits per heavy atom. The van der Waals surface area contributed by atoms with Crippen molar-refractivity contribution in [3.05, 3.63) is 63.9 Å². The van der Waals surface area contributed by atoms with E-state index in [0.29, 0.717) is 39.4 Å². The van der Waals surface area contributed by atoms with Crippen molar-refractivity contribution in [2.45, 2.75) is 51.6 Å². The van der Waals surface area contributed by atoms with Crippen LogP contribution in [0.3, 0.4) is 0 Å². The molecule has 6 nitrogen and oxygen atoms in total. The molecule has 3 heterocycles. The molecule has 0 bridgehead atoms. The molecule has 0 spiro atoms. The molecule has 2 aliphatic rings. The molecule has 7 heteroatoms. The summed E-state index contributed by atoms with van der Waals surface area (Å²) in [6.07, 6.45) is 5.19. The van der Waals surface area contributed by atoms with Crippen molar-refractivity contribution in [1.29, 1.82) is 0 Å². The first kappa shape index (κ1) is 23.9. The summed E-state index contributed by atoms with van der Waals surface area (Å²) in [7, 11) is 0. The molecule has 2 aliphatic heterocycles. The number of hydrogen-bond donors (Lipinski definition) is 1. The molecule has 0 aliphatic carbocycles. The van der Waals surface area contributed by atoms with E-state index in [-0.39, 0.29) is 23.9 Å². The van der Waals surface area contributed by atoms with Crippen LogP contribution in [-0.2, 0) is 5.60 Å². The van der Waals surface area contributed by atoms with Crippen LogP contribution < -0.4 is 10.1 Å². The first-order chi connectivity index (χ1) is 16.9. The molecule has 2 aromatic carbocycles. The molecule has 1 N–H and O–H groups in total. The molecule has 1 atom stereocenters. The smallest absolute Gasteiger partial charge is 0.287 e. The molecule has 5 rings (SSSR count). The molecule has 0 unspecified atom stereocenters. The van der Waals surface area contributed by atoms with Crippen molar-refractivity contribution in [2.75, 3.05) is 26.2 Å². The zero-order valence-corrected chi connectivity index (χ0v) is 21.0. The number of amides is 1. The molecule has 184 valence electrons. The van der Waals surface area contributed by atoms with E-state index in [1.54, 1.807) is 24.3 Å². The lowest BCUT2D eigenvalue weighted by Gasteiger charge is -2.35. The molecule has 3 aromatic rings. The van der Waals surface area contributed by atoms with E-state index >= 15 is 0 Å². The number of nitrogens with zero attached hydrogens (tertiary/aromatic N) is 1. The molecular formula is C28H31ClN2O4. The fraction of sp³-hybridized carbons (Fsp3) is 0.429. The summed E-state index contributed by atoms with van der Waals surface area (Å²) < 4.78 is 12.3. The van der Waals surface area contributed by atoms with Crippen LogP contribution in [0.1, 0.15) is 71.1 Å². The van der Waals surface area contributed by atoms with Gasteiger partial charge in [-0.15, -0.1) is 0 Å². The number of aryl methyl sites for hydroxylation is 1. The van der Waals surface area contributed by atoms with Crippen LogP contribution in [0.2, 0.25) is 5.02 Å². The lowest BCUT2D eigenvalue weighted by Crippen LogP contribution is -2.36. The number of carbonyl (C=O) groups is 2. The Balaban J connectivity index is 1.37. The van der Waals surface area contributed by atoms with Crippen LogP contribution in [0.15, 0.2) is 40.8 Å². The molecule has 0 radical (unpaired) electrons. The number of hydrogen-bond acceptors (Lipinski definition) is 5. The normalized spacial score (nSPS) is 20.8. The van der Waals surface area contributed by atoms with E-state index in [2.05, 4.69) is 10.2 Å². The maximum atomic E-state index is 13.4. The van der Waals surface area contributed by atoms with Gasteiger partial charge in [0, 0.05) is 29.1 Å². The maximum absolute atomic E-state index is 13.4. The van der Waals surface area contributed by atoms with E-state index in [4.69, 9.17) is 20.8 Å². The zero-order chi connectivity index (χ0) is 24.6. The second-order valence-corrected chi connectivity index (χ2v) is 10.3. The minimum absolute atomic E-state index is 0.0358. The minimum Gasteiger partial charge on any atom is -0.482 e. The van der Waals surface area contributed by atoms with Gasteiger partial charge in [0.15, 0.2) is 11.5 Å². The summed E-state index contributed by atoms with van der Waals surface area (Å²) in [4.78, 5) is 28.8. The number of likely N-dealkylation sites (tertiary alicyclic amines) is 1. The third-order valence-electron chi connectivity index (χ3n) is 7.24. The van der Waals surface area contributed by atoms with Crippen molar-refractivity contribution in [3.63, 3.8) is 0 Å². The van der Waals surface area contributed by atoms with Crippen LogP contribution in [0.5, 0.6) is 5.75 Å². The van der Waals surface area contributed by atoms with Crippen LogP contribution in [0.25, 0.3) is 11.0 Å². The van der Waals surface area contributed by atoms with Gasteiger partial charge in [-0.1, -0.05) is 36.6 Å². The Kier molecular flexibility index (Phi) is 6.60. The molecule has 0 saturated carbocycles. The number of furan rings is 1. The van der Waals surface area contributed by atoms with Crippen LogP contribution in [-0.4, -0.2) is 42.8 Å². The van der Waals surface area contributed by atoms with Gasteiger partial charge in [0.2, 0.25) is 0 Å². The molecule has 1 saturated heterocycles. The molecule has 1 aromatic heterocycles. The van der Waals surface area contributed by atoms with E-state index in [0.717, 1.165) is 25.2 Å². The lowest BCUT2D eigenvalue weighted by molar-refractivity contribution is 0.0507. The van der Waals surface area contributed by atoms with E-state index in [1.165, 1.54) is 25.7 Å². The summed E-state index contributed by atoms with van der Waals surface area (Å²) in [5.41, 5.74) is 1.75. The number of benzene rings is 2. The average molecular weight is 495 g/mol. The fourth-order valence-electron chi connectivity index (χ4n) is 5.30. The Morgan fingerprint density at radius 1 is 1.09 bits per heavy atom. The number of halogens is 1. The highest BCUT2D eigenvalue weighted by Crippen LogP contribution is 2.44. The number of fused-ring (bicyclic) bond motifs is 3. The SMILES string of the molecule is Cc1c(C(=O)NCCN2CCCCCC2)oc2ccc3c(c12)C(=O)C[C@@](C)(c1ccc(Cl)cc1)O3. The number of ether oxygens (including phenoxy) is 1. The first-order valence-corrected chi connectivity index (χ1v) is 12.8. The average Bonchev–Trinajstić information content (AvgIpc) is 2.99. The van der Waals surface area contributed by atoms with Gasteiger partial charge in [0.25, 0.3) is 5.91 Å². The van der Waals surface area contributed by atoms with Gasteiger partial charge >= 0.3 is 0 Å². The Morgan fingerprint density at radius 3 is 2.51 bits per heavy atom. The second-order valence-electron chi connectivity index (χ2n) is 9.82. The Labute approximate surface area is 210 Å². The monoisotopic (exact) mass is 494 g/mol. The first-order valence-electron chi connectivity index (χ1n) is 12.4. The van der Waals surface area contributed by atoms with Crippen LogP contribution in [0, 0.1) is 6.92 Å². The Hall–Kier alpha value is -2.83. The van der Waals surface area contributed by atoms with Crippen molar-refractivity contribution in [3.8, 4) is 5.75 Å². The third kappa shape index (κ3) is 4.69. The highest BCUT2D eigenvalue weighted by atomic mass is 35.5. The van der Waals surface area contributed by atoms with Gasteiger partial charge in [-0.05, 0) is 69.6 Å². The predicted octanol–water partition coefficient (Wildman–Crippen LogP) is 5.88. The summed E-state index contributed by atoms with van der Waals surface area (Å²) in [6, 6.07) is 10.9. The van der Waals surface area contributed by atoms with Gasteiger partial charge in [-0.2, -0.15) is 0 Å². The van der Waals surface area contributed by atoms with E-state index < -0.39 is 5.60 Å². The number of carbonyl (C=O) groups excluding carboxylic acids is 2. The van der Waals surface area contributed by atoms with Crippen LogP contribution in [0.4, 0.5) is 0 Å². The van der Waals surface area contributed by atoms with Crippen molar-refractivity contribution >= 4 is 34.3 Å². The molecule has 1 amide bonds. The fourth-order valence-corrected chi connectivity index (χ4v) is 5.43. The topological polar surface area (TPSA) is 71.8 Å². The van der Waals surface area contributed by atoms with E-state index in [9.17, 15) is 9.59 Å². The van der Waals surface area contributed by atoms with E-state index in [1.807, 2.05) is 26.0 Å². The van der Waals surface area contributed by atoms with Gasteiger partial charge in [-0.25, -0.2) is 0 Å². The van der Waals surface area contributed by atoms with Gasteiger partial charge in [-0.3, -0.25) is 9.59 Å². The highest BCUT2D eigenvalue weighted by molar-refractivity contribution is 6.30. The largest absolute Gasteiger partial charge is 0.482 e. The number of nitrogens with one attached hydrogen (secondary N) is 1. The Bertz CT molecular complexity index is 1260. The quantitative estimate of drug-likeness (QED) is 0.479. The van der Waals surface area contributed by atoms with Crippen LogP contribution >= 0.6 is 11.6 Å². The number of Topliss-reactive ketones (excluding diaryl/α,β-unsaturated/α-hetero) is 1. The van der Waals surface area contributed by atoms with Crippen molar-refractivity contribution < 1.29 is 18.7 Å². The standard InChI is InChI=1S/C28H31ClN2O4/c1-18-24-22(34-26(18)27(33)30-13-16-31-14-5-3-4-6-15-31)11-12-23-25(24)21(32)17-28(2,35-23)19-7-9-20(29)10-8-19/h7-12H,3-6,13-17H2,1-2H3,(H,30,33)/t28-/m0/s1. The summed E-state index contributed by atoms with van der Waals surface area (Å²) >= 11 is 6.04. The summed E-state index contributed by atoms with van der Waals surface area (Å²) in [6.45, 7) is 7.30. The van der Waals surface area contributed by atoms with Gasteiger partial charge in [0.1, 0.15) is 16.9 Å². The van der Waals surface area contributed by atoms with Crippen molar-refractivity contribution in [1.82, 2.24) is 10.2 Å². The summed E-state index contributed by atoms with van der Waals surface area (Å²) in [5.74, 6) is 0.468. The van der Waals surface area contributed by atoms with Gasteiger partial charge in [0.05, 0.1) is 12.0 Å². The lowest BCUT2D eigenvalue weighted by atomic mass is 9.84. The second kappa shape index (κ2) is 9.67. The minimum atomic E-state index is -0.798. The highest BCUT2D eigenvalue weighted by Gasteiger charge is 2.40. The third-order valence-corrected chi connectivity index (χ3v) is 7.49. The van der Waals surface area contributed by atoms with Gasteiger partial charge < -0.3 is 19.4 Å². The number of rotatable bonds is 5. The summed E-state index contributed by atoms with van der Waals surface area (Å²) in [5, 5.41) is 4.29. The predicted molar refractivity (Wildman–Crippen MR) is 137 cm³/mol. The zero-order valence-electron chi connectivity index (χ0n) is 20.3. The molecular weight excluding hydrogens is 464 g/mol. The molecule has 35 heavy (non-hydrogen) atoms. The maximum Gasteiger partial charge on any atom is 0.287 e. The van der Waals surface area contributed by atoms with Crippen molar-refractivity contribution in [2.24, 2.45) is 0 Å². The number of ketones is 1. The molecule has 1 fully saturated rings.